The molecular weight excluding hydrogens is 248 g/mol. The first kappa shape index (κ1) is 13.3. The van der Waals surface area contributed by atoms with E-state index in [1.54, 1.807) is 0 Å². The smallest absolute Gasteiger partial charge is 0.120 e. The topological polar surface area (TPSA) is 44.8 Å². The van der Waals surface area contributed by atoms with Gasteiger partial charge in [-0.3, -0.25) is 9.88 Å². The molecule has 0 bridgehead atoms. The van der Waals surface area contributed by atoms with Gasteiger partial charge in [-0.2, -0.15) is 0 Å². The molecule has 3 rings (SSSR count). The summed E-state index contributed by atoms with van der Waals surface area (Å²) < 4.78 is 0. The van der Waals surface area contributed by atoms with E-state index in [2.05, 4.69) is 39.8 Å². The highest BCUT2D eigenvalue weighted by Gasteiger charge is 2.29. The number of nitrogens with zero attached hydrogens (tertiary/aromatic N) is 3. The van der Waals surface area contributed by atoms with Gasteiger partial charge in [0.1, 0.15) is 5.82 Å². The SMILES string of the molecule is CC(C)N(Cc1ncc[nH]1)C1CCCc2cccnc21. The van der Waals surface area contributed by atoms with E-state index in [1.165, 1.54) is 24.1 Å². The lowest BCUT2D eigenvalue weighted by Crippen LogP contribution is -2.37. The standard InChI is InChI=1S/C16H22N4/c1-12(2)20(11-15-17-9-10-18-15)14-7-3-5-13-6-4-8-19-16(13)14/h4,6,8-10,12,14H,3,5,7,11H2,1-2H3,(H,17,18). The molecule has 0 radical (unpaired) electrons. The van der Waals surface area contributed by atoms with E-state index >= 15 is 0 Å². The van der Waals surface area contributed by atoms with E-state index in [4.69, 9.17) is 0 Å². The van der Waals surface area contributed by atoms with Crippen molar-refractivity contribution in [2.24, 2.45) is 0 Å². The second kappa shape index (κ2) is 5.75. The first-order chi connectivity index (χ1) is 9.75. The molecule has 2 aromatic rings. The van der Waals surface area contributed by atoms with Crippen LogP contribution in [0.4, 0.5) is 0 Å². The van der Waals surface area contributed by atoms with Crippen molar-refractivity contribution in [2.75, 3.05) is 0 Å². The Morgan fingerprint density at radius 2 is 2.25 bits per heavy atom. The zero-order valence-corrected chi connectivity index (χ0v) is 12.2. The van der Waals surface area contributed by atoms with Crippen LogP contribution in [0.2, 0.25) is 0 Å². The van der Waals surface area contributed by atoms with E-state index in [-0.39, 0.29) is 0 Å². The summed E-state index contributed by atoms with van der Waals surface area (Å²) in [5, 5.41) is 0. The molecule has 0 spiro atoms. The molecule has 1 aliphatic carbocycles. The average Bonchev–Trinajstić information content (AvgIpc) is 2.97. The molecule has 4 nitrogen and oxygen atoms in total. The van der Waals surface area contributed by atoms with Gasteiger partial charge in [0, 0.05) is 24.6 Å². The van der Waals surface area contributed by atoms with Gasteiger partial charge in [0.2, 0.25) is 0 Å². The van der Waals surface area contributed by atoms with E-state index < -0.39 is 0 Å². The molecule has 1 N–H and O–H groups in total. The molecule has 2 heterocycles. The molecule has 1 aliphatic rings. The summed E-state index contributed by atoms with van der Waals surface area (Å²) in [7, 11) is 0. The molecule has 20 heavy (non-hydrogen) atoms. The van der Waals surface area contributed by atoms with Crippen molar-refractivity contribution >= 4 is 0 Å². The lowest BCUT2D eigenvalue weighted by Gasteiger charge is -2.37. The Bertz CT molecular complexity index is 547. The van der Waals surface area contributed by atoms with Crippen molar-refractivity contribution in [3.8, 4) is 0 Å². The number of H-pyrrole nitrogens is 1. The molecule has 0 saturated carbocycles. The molecule has 0 fully saturated rings. The van der Waals surface area contributed by atoms with Crippen LogP contribution in [-0.2, 0) is 13.0 Å². The van der Waals surface area contributed by atoms with Gasteiger partial charge in [-0.1, -0.05) is 6.07 Å². The third-order valence-electron chi connectivity index (χ3n) is 4.12. The fraction of sp³-hybridized carbons (Fsp3) is 0.500. The van der Waals surface area contributed by atoms with Crippen molar-refractivity contribution < 1.29 is 0 Å². The maximum Gasteiger partial charge on any atom is 0.120 e. The van der Waals surface area contributed by atoms with Gasteiger partial charge < -0.3 is 4.98 Å². The number of aromatic amines is 1. The highest BCUT2D eigenvalue weighted by atomic mass is 15.2. The lowest BCUT2D eigenvalue weighted by atomic mass is 9.90. The summed E-state index contributed by atoms with van der Waals surface area (Å²) in [6, 6.07) is 5.15. The van der Waals surface area contributed by atoms with Crippen LogP contribution in [0.3, 0.4) is 0 Å². The molecule has 0 amide bonds. The lowest BCUT2D eigenvalue weighted by molar-refractivity contribution is 0.122. The van der Waals surface area contributed by atoms with Gasteiger partial charge >= 0.3 is 0 Å². The fourth-order valence-corrected chi connectivity index (χ4v) is 3.12. The molecule has 2 aromatic heterocycles. The van der Waals surface area contributed by atoms with Crippen LogP contribution < -0.4 is 0 Å². The van der Waals surface area contributed by atoms with Crippen molar-refractivity contribution in [1.29, 1.82) is 0 Å². The summed E-state index contributed by atoms with van der Waals surface area (Å²) in [6.07, 6.45) is 9.21. The van der Waals surface area contributed by atoms with Crippen molar-refractivity contribution in [3.63, 3.8) is 0 Å². The first-order valence-electron chi connectivity index (χ1n) is 7.43. The Labute approximate surface area is 120 Å². The molecule has 4 heteroatoms. The maximum absolute atomic E-state index is 4.66. The van der Waals surface area contributed by atoms with Gasteiger partial charge in [-0.15, -0.1) is 0 Å². The van der Waals surface area contributed by atoms with Crippen molar-refractivity contribution in [3.05, 3.63) is 47.8 Å². The van der Waals surface area contributed by atoms with Crippen LogP contribution in [0.1, 0.15) is 49.8 Å². The Kier molecular flexibility index (Phi) is 3.83. The number of aromatic nitrogens is 3. The number of imidazole rings is 1. The minimum Gasteiger partial charge on any atom is -0.348 e. The number of hydrogen-bond acceptors (Lipinski definition) is 3. The van der Waals surface area contributed by atoms with Crippen LogP contribution in [0.25, 0.3) is 0 Å². The molecule has 0 aromatic carbocycles. The molecule has 106 valence electrons. The van der Waals surface area contributed by atoms with Crippen molar-refractivity contribution in [1.82, 2.24) is 19.9 Å². The minimum absolute atomic E-state index is 0.407. The van der Waals surface area contributed by atoms with Crippen LogP contribution in [0.15, 0.2) is 30.7 Å². The summed E-state index contributed by atoms with van der Waals surface area (Å²) in [4.78, 5) is 14.7. The summed E-state index contributed by atoms with van der Waals surface area (Å²) >= 11 is 0. The summed E-state index contributed by atoms with van der Waals surface area (Å²) in [5.41, 5.74) is 2.67. The van der Waals surface area contributed by atoms with Crippen LogP contribution >= 0.6 is 0 Å². The van der Waals surface area contributed by atoms with Gasteiger partial charge in [-0.25, -0.2) is 4.98 Å². The highest BCUT2D eigenvalue weighted by molar-refractivity contribution is 5.25. The second-order valence-corrected chi connectivity index (χ2v) is 5.76. The fourth-order valence-electron chi connectivity index (χ4n) is 3.12. The van der Waals surface area contributed by atoms with E-state index in [1.807, 2.05) is 24.7 Å². The zero-order chi connectivity index (χ0) is 13.9. The van der Waals surface area contributed by atoms with Crippen molar-refractivity contribution in [2.45, 2.75) is 51.7 Å². The molecule has 1 unspecified atom stereocenters. The predicted molar refractivity (Wildman–Crippen MR) is 79.2 cm³/mol. The quantitative estimate of drug-likeness (QED) is 0.928. The molecule has 0 saturated heterocycles. The first-order valence-corrected chi connectivity index (χ1v) is 7.43. The monoisotopic (exact) mass is 270 g/mol. The Morgan fingerprint density at radius 1 is 1.35 bits per heavy atom. The van der Waals surface area contributed by atoms with E-state index in [0.717, 1.165) is 18.8 Å². The molecule has 0 aliphatic heterocycles. The maximum atomic E-state index is 4.66. The largest absolute Gasteiger partial charge is 0.348 e. The van der Waals surface area contributed by atoms with Crippen LogP contribution in [0, 0.1) is 0 Å². The third-order valence-corrected chi connectivity index (χ3v) is 4.12. The number of aryl methyl sites for hydroxylation is 1. The van der Waals surface area contributed by atoms with Gasteiger partial charge in [0.25, 0.3) is 0 Å². The van der Waals surface area contributed by atoms with Crippen LogP contribution in [-0.4, -0.2) is 25.9 Å². The Morgan fingerprint density at radius 3 is 3.00 bits per heavy atom. The predicted octanol–water partition coefficient (Wildman–Crippen LogP) is 3.09. The summed E-state index contributed by atoms with van der Waals surface area (Å²) in [6.45, 7) is 5.35. The van der Waals surface area contributed by atoms with E-state index in [9.17, 15) is 0 Å². The van der Waals surface area contributed by atoms with E-state index in [0.29, 0.717) is 12.1 Å². The minimum atomic E-state index is 0.407. The number of fused-ring (bicyclic) bond motifs is 1. The normalized spacial score (nSPS) is 18.5. The molecular formula is C16H22N4. The zero-order valence-electron chi connectivity index (χ0n) is 12.2. The Hall–Kier alpha value is -1.68. The highest BCUT2D eigenvalue weighted by Crippen LogP contribution is 2.34. The summed E-state index contributed by atoms with van der Waals surface area (Å²) in [5.74, 6) is 1.03. The number of rotatable bonds is 4. The Balaban J connectivity index is 1.89. The number of pyridine rings is 1. The number of hydrogen-bond donors (Lipinski definition) is 1. The van der Waals surface area contributed by atoms with Gasteiger partial charge in [0.15, 0.2) is 0 Å². The van der Waals surface area contributed by atoms with Crippen LogP contribution in [0.5, 0.6) is 0 Å². The van der Waals surface area contributed by atoms with Gasteiger partial charge in [-0.05, 0) is 44.7 Å². The average molecular weight is 270 g/mol. The third kappa shape index (κ3) is 2.61. The molecule has 1 atom stereocenters. The number of nitrogens with one attached hydrogen (secondary N) is 1. The second-order valence-electron chi connectivity index (χ2n) is 5.76. The van der Waals surface area contributed by atoms with Gasteiger partial charge in [0.05, 0.1) is 18.3 Å².